The van der Waals surface area contributed by atoms with Crippen LogP contribution in [0.15, 0.2) is 34.2 Å². The van der Waals surface area contributed by atoms with Crippen molar-refractivity contribution in [3.05, 3.63) is 39.7 Å². The van der Waals surface area contributed by atoms with Crippen molar-refractivity contribution in [3.63, 3.8) is 0 Å². The van der Waals surface area contributed by atoms with Crippen LogP contribution in [0.25, 0.3) is 5.57 Å². The van der Waals surface area contributed by atoms with Gasteiger partial charge in [0.05, 0.1) is 16.2 Å². The molecule has 4 rings (SSSR count). The Labute approximate surface area is 152 Å². The number of aliphatic imine (C=N–C) groups is 1. The van der Waals surface area contributed by atoms with Crippen LogP contribution in [0.4, 0.5) is 10.8 Å². The fourth-order valence-corrected chi connectivity index (χ4v) is 4.38. The monoisotopic (exact) mass is 371 g/mol. The molecule has 2 aliphatic rings. The fraction of sp³-hybridized carbons (Fsp3) is 0.188. The van der Waals surface area contributed by atoms with Gasteiger partial charge in [-0.1, -0.05) is 29.5 Å². The summed E-state index contributed by atoms with van der Waals surface area (Å²) in [7, 11) is 3.35. The molecule has 126 valence electrons. The minimum absolute atomic E-state index is 0.182. The number of thioether (sulfide) groups is 1. The molecule has 1 fully saturated rings. The Bertz CT molecular complexity index is 978. The molecule has 0 atom stereocenters. The Kier molecular flexibility index (Phi) is 3.69. The fourth-order valence-electron chi connectivity index (χ4n) is 2.70. The molecule has 2 amide bonds. The first-order chi connectivity index (χ1) is 12.0. The Hall–Kier alpha value is -2.52. The summed E-state index contributed by atoms with van der Waals surface area (Å²) in [6, 6.07) is 7.46. The van der Waals surface area contributed by atoms with Crippen LogP contribution in [0.1, 0.15) is 10.6 Å². The van der Waals surface area contributed by atoms with Gasteiger partial charge in [-0.05, 0) is 24.8 Å². The van der Waals surface area contributed by atoms with Crippen molar-refractivity contribution >= 4 is 56.5 Å². The first-order valence-electron chi connectivity index (χ1n) is 7.44. The van der Waals surface area contributed by atoms with E-state index in [1.165, 1.54) is 28.0 Å². The number of nitrogens with zero attached hydrogens (tertiary/aromatic N) is 5. The molecule has 3 heterocycles. The summed E-state index contributed by atoms with van der Waals surface area (Å²) in [6.45, 7) is 1.84. The van der Waals surface area contributed by atoms with Gasteiger partial charge < -0.3 is 4.90 Å². The lowest BCUT2D eigenvalue weighted by molar-refractivity contribution is -0.121. The molecule has 2 aliphatic heterocycles. The van der Waals surface area contributed by atoms with E-state index in [1.54, 1.807) is 19.0 Å². The van der Waals surface area contributed by atoms with Crippen LogP contribution >= 0.6 is 23.1 Å². The topological polar surface area (TPSA) is 78.8 Å². The Morgan fingerprint density at radius 2 is 1.80 bits per heavy atom. The molecule has 0 aliphatic carbocycles. The predicted molar refractivity (Wildman–Crippen MR) is 98.9 cm³/mol. The lowest BCUT2D eigenvalue weighted by atomic mass is 10.1. The number of anilines is 1. The number of hydrogen-bond donors (Lipinski definition) is 0. The zero-order valence-corrected chi connectivity index (χ0v) is 15.3. The quantitative estimate of drug-likeness (QED) is 0.720. The molecule has 0 radical (unpaired) electrons. The average molecular weight is 371 g/mol. The number of benzene rings is 1. The minimum Gasteiger partial charge on any atom is -0.311 e. The van der Waals surface area contributed by atoms with Crippen LogP contribution in [-0.4, -0.2) is 46.2 Å². The average Bonchev–Trinajstić information content (AvgIpc) is 3.21. The summed E-state index contributed by atoms with van der Waals surface area (Å²) in [5, 5.41) is 9.67. The van der Waals surface area contributed by atoms with Gasteiger partial charge in [0.2, 0.25) is 5.13 Å². The Morgan fingerprint density at radius 1 is 1.04 bits per heavy atom. The second-order valence-electron chi connectivity index (χ2n) is 5.55. The number of hydrogen-bond acceptors (Lipinski definition) is 7. The van der Waals surface area contributed by atoms with Crippen molar-refractivity contribution in [1.29, 1.82) is 0 Å². The van der Waals surface area contributed by atoms with E-state index in [1.807, 2.05) is 31.2 Å². The summed E-state index contributed by atoms with van der Waals surface area (Å²) >= 11 is 2.54. The third kappa shape index (κ3) is 2.47. The van der Waals surface area contributed by atoms with Crippen molar-refractivity contribution < 1.29 is 9.59 Å². The molecular formula is C16H13N5O2S2. The summed E-state index contributed by atoms with van der Waals surface area (Å²) in [5.41, 5.74) is 2.00. The Morgan fingerprint density at radius 3 is 2.52 bits per heavy atom. The van der Waals surface area contributed by atoms with Crippen molar-refractivity contribution in [3.8, 4) is 0 Å². The first-order valence-corrected chi connectivity index (χ1v) is 9.07. The molecule has 2 aromatic rings. The smallest absolute Gasteiger partial charge is 0.267 e. The molecule has 0 saturated carbocycles. The van der Waals surface area contributed by atoms with Crippen molar-refractivity contribution in [2.45, 2.75) is 6.92 Å². The molecule has 1 saturated heterocycles. The van der Waals surface area contributed by atoms with Gasteiger partial charge >= 0.3 is 0 Å². The third-order valence-electron chi connectivity index (χ3n) is 3.97. The van der Waals surface area contributed by atoms with Gasteiger partial charge in [-0.3, -0.25) is 14.5 Å². The number of para-hydroxylation sites is 1. The maximum absolute atomic E-state index is 12.7. The standard InChI is InChI=1S/C16H13N5O2S2/c1-8-18-19-15(24-8)17-16-21(3)14(23)12(25-16)11-9-6-4-5-7-10(9)20(2)13(11)22/h4-7H,1-3H3/b12-11-,17-16+. The highest BCUT2D eigenvalue weighted by Crippen LogP contribution is 2.43. The van der Waals surface area contributed by atoms with E-state index in [2.05, 4.69) is 15.2 Å². The molecule has 7 nitrogen and oxygen atoms in total. The number of aryl methyl sites for hydroxylation is 1. The first kappa shape index (κ1) is 16.0. The number of carbonyl (C=O) groups excluding carboxylic acids is 2. The summed E-state index contributed by atoms with van der Waals surface area (Å²) in [5.74, 6) is -0.420. The normalized spacial score (nSPS) is 21.6. The van der Waals surface area contributed by atoms with Crippen LogP contribution in [0.5, 0.6) is 0 Å². The summed E-state index contributed by atoms with van der Waals surface area (Å²) < 4.78 is 0. The lowest BCUT2D eigenvalue weighted by Gasteiger charge is -2.08. The number of carbonyl (C=O) groups is 2. The third-order valence-corrected chi connectivity index (χ3v) is 5.83. The van der Waals surface area contributed by atoms with E-state index in [4.69, 9.17) is 0 Å². The molecule has 1 aromatic carbocycles. The molecule has 0 spiro atoms. The summed E-state index contributed by atoms with van der Waals surface area (Å²) in [6.07, 6.45) is 0. The van der Waals surface area contributed by atoms with Gasteiger partial charge in [0.15, 0.2) is 5.17 Å². The second-order valence-corrected chi connectivity index (χ2v) is 7.69. The molecule has 0 N–H and O–H groups in total. The molecule has 9 heteroatoms. The van der Waals surface area contributed by atoms with Crippen molar-refractivity contribution in [1.82, 2.24) is 15.1 Å². The second kappa shape index (κ2) is 5.78. The highest BCUT2D eigenvalue weighted by molar-refractivity contribution is 8.18. The van der Waals surface area contributed by atoms with E-state index >= 15 is 0 Å². The SMILES string of the molecule is Cc1nnc(/N=C2/S/C(=C3\C(=O)N(C)c4ccccc43)C(=O)N2C)s1. The van der Waals surface area contributed by atoms with E-state index in [-0.39, 0.29) is 11.8 Å². The molecule has 0 unspecified atom stereocenters. The van der Waals surface area contributed by atoms with Crippen molar-refractivity contribution in [2.75, 3.05) is 19.0 Å². The van der Waals surface area contributed by atoms with E-state index in [9.17, 15) is 9.59 Å². The molecule has 25 heavy (non-hydrogen) atoms. The van der Waals surface area contributed by atoms with Gasteiger partial charge in [-0.15, -0.1) is 10.2 Å². The maximum Gasteiger partial charge on any atom is 0.267 e. The van der Waals surface area contributed by atoms with E-state index in [0.717, 1.165) is 16.3 Å². The van der Waals surface area contributed by atoms with E-state index < -0.39 is 0 Å². The predicted octanol–water partition coefficient (Wildman–Crippen LogP) is 2.43. The molecule has 0 bridgehead atoms. The van der Waals surface area contributed by atoms with Crippen LogP contribution in [0, 0.1) is 6.92 Å². The number of amidine groups is 1. The van der Waals surface area contributed by atoms with Gasteiger partial charge in [0.25, 0.3) is 11.8 Å². The number of likely N-dealkylation sites (N-methyl/N-ethyl adjacent to an activating group) is 2. The zero-order chi connectivity index (χ0) is 17.7. The molecular weight excluding hydrogens is 358 g/mol. The van der Waals surface area contributed by atoms with E-state index in [0.29, 0.717) is 20.8 Å². The van der Waals surface area contributed by atoms with Gasteiger partial charge in [-0.2, -0.15) is 4.99 Å². The number of rotatable bonds is 1. The van der Waals surface area contributed by atoms with Crippen LogP contribution in [0.2, 0.25) is 0 Å². The van der Waals surface area contributed by atoms with Crippen molar-refractivity contribution in [2.24, 2.45) is 4.99 Å². The highest BCUT2D eigenvalue weighted by atomic mass is 32.2. The number of amides is 2. The number of fused-ring (bicyclic) bond motifs is 1. The largest absolute Gasteiger partial charge is 0.311 e. The van der Waals surface area contributed by atoms with Gasteiger partial charge in [-0.25, -0.2) is 0 Å². The summed E-state index contributed by atoms with van der Waals surface area (Å²) in [4.78, 5) is 33.2. The zero-order valence-electron chi connectivity index (χ0n) is 13.7. The van der Waals surface area contributed by atoms with Gasteiger partial charge in [0.1, 0.15) is 5.01 Å². The Balaban J connectivity index is 1.81. The highest BCUT2D eigenvalue weighted by Gasteiger charge is 2.40. The van der Waals surface area contributed by atoms with Crippen LogP contribution < -0.4 is 4.90 Å². The number of aromatic nitrogens is 2. The van der Waals surface area contributed by atoms with Crippen LogP contribution in [-0.2, 0) is 9.59 Å². The minimum atomic E-state index is -0.238. The van der Waals surface area contributed by atoms with Crippen LogP contribution in [0.3, 0.4) is 0 Å². The maximum atomic E-state index is 12.7. The van der Waals surface area contributed by atoms with Gasteiger partial charge in [0, 0.05) is 19.7 Å². The molecule has 1 aromatic heterocycles. The lowest BCUT2D eigenvalue weighted by Crippen LogP contribution is -2.25.